The Labute approximate surface area is 257 Å². The van der Waals surface area contributed by atoms with Crippen molar-refractivity contribution < 1.29 is 17.8 Å². The molecule has 0 spiro atoms. The van der Waals surface area contributed by atoms with Gasteiger partial charge in [0.2, 0.25) is 0 Å². The van der Waals surface area contributed by atoms with Crippen LogP contribution in [0.2, 0.25) is 0 Å². The van der Waals surface area contributed by atoms with E-state index in [2.05, 4.69) is 0 Å². The minimum atomic E-state index is -0.548. The maximum atomic E-state index is 9.22. The van der Waals surface area contributed by atoms with Crippen molar-refractivity contribution in [3.63, 3.8) is 0 Å². The van der Waals surface area contributed by atoms with Crippen molar-refractivity contribution in [2.24, 2.45) is 0 Å². The van der Waals surface area contributed by atoms with Crippen LogP contribution in [0.25, 0.3) is 71.9 Å². The maximum absolute atomic E-state index is 9.22. The van der Waals surface area contributed by atoms with E-state index < -0.39 is 66.5 Å². The van der Waals surface area contributed by atoms with Gasteiger partial charge in [0, 0.05) is 11.3 Å². The van der Waals surface area contributed by atoms with Gasteiger partial charge in [-0.3, -0.25) is 4.57 Å². The molecule has 0 aliphatic heterocycles. The molecule has 8 rings (SSSR count). The number of hydrogen-bond donors (Lipinski definition) is 0. The SMILES string of the molecule is [2H]c1c([2H])c([2H])c(-n2c(-c3cccc(-c4c5c([2H])c([2H])c([2H])c([2H])c5c(-c5ccccc5)c5c([2H])c([2H])c([2H])c([2H])c45)c3)nc3ccccc32)c([2H])c1[2H]. The maximum Gasteiger partial charge on any atom is 0.145 e. The van der Waals surface area contributed by atoms with Gasteiger partial charge >= 0.3 is 0 Å². The molecule has 0 saturated carbocycles. The van der Waals surface area contributed by atoms with E-state index in [1.165, 1.54) is 4.57 Å². The van der Waals surface area contributed by atoms with E-state index in [1.54, 1.807) is 78.9 Å². The lowest BCUT2D eigenvalue weighted by atomic mass is 9.86. The lowest BCUT2D eigenvalue weighted by Gasteiger charge is -2.18. The smallest absolute Gasteiger partial charge is 0.145 e. The molecule has 0 bridgehead atoms. The topological polar surface area (TPSA) is 17.8 Å². The van der Waals surface area contributed by atoms with Crippen molar-refractivity contribution in [2.45, 2.75) is 0 Å². The van der Waals surface area contributed by atoms with Crippen LogP contribution in [0.5, 0.6) is 0 Å². The van der Waals surface area contributed by atoms with Crippen molar-refractivity contribution in [3.8, 4) is 39.3 Å². The van der Waals surface area contributed by atoms with Gasteiger partial charge in [-0.25, -0.2) is 4.98 Å². The van der Waals surface area contributed by atoms with E-state index in [0.29, 0.717) is 27.7 Å². The highest BCUT2D eigenvalue weighted by atomic mass is 15.1. The lowest BCUT2D eigenvalue weighted by molar-refractivity contribution is 1.10. The molecule has 2 heteroatoms. The normalized spacial score (nSPS) is 15.9. The molecule has 1 heterocycles. The summed E-state index contributed by atoms with van der Waals surface area (Å²) >= 11 is 0. The molecule has 8 aromatic rings. The average Bonchev–Trinajstić information content (AvgIpc) is 3.57. The van der Waals surface area contributed by atoms with E-state index >= 15 is 0 Å². The monoisotopic (exact) mass is 535 g/mol. The molecular weight excluding hydrogens is 496 g/mol. The average molecular weight is 536 g/mol. The zero-order chi connectivity index (χ0) is 38.5. The fraction of sp³-hybridized carbons (Fsp3) is 0. The Morgan fingerprint density at radius 2 is 1.02 bits per heavy atom. The van der Waals surface area contributed by atoms with Crippen LogP contribution in [0.3, 0.4) is 0 Å². The highest BCUT2D eigenvalue weighted by Crippen LogP contribution is 2.44. The van der Waals surface area contributed by atoms with Gasteiger partial charge in [-0.15, -0.1) is 0 Å². The fourth-order valence-corrected chi connectivity index (χ4v) is 5.42. The molecule has 2 nitrogen and oxygen atoms in total. The van der Waals surface area contributed by atoms with Crippen LogP contribution in [0, 0.1) is 0 Å². The van der Waals surface area contributed by atoms with Crippen molar-refractivity contribution in [1.82, 2.24) is 9.55 Å². The zero-order valence-electron chi connectivity index (χ0n) is 34.4. The number of benzene rings is 7. The Morgan fingerprint density at radius 3 is 1.71 bits per heavy atom. The number of fused-ring (bicyclic) bond motifs is 3. The third kappa shape index (κ3) is 3.84. The molecule has 192 valence electrons. The van der Waals surface area contributed by atoms with Crippen LogP contribution in [-0.4, -0.2) is 9.55 Å². The van der Waals surface area contributed by atoms with Gasteiger partial charge in [-0.05, 0) is 74.1 Å². The first kappa shape index (κ1) is 13.7. The quantitative estimate of drug-likeness (QED) is 0.205. The van der Waals surface area contributed by atoms with Gasteiger partial charge in [0.05, 0.1) is 28.9 Å². The van der Waals surface area contributed by atoms with Gasteiger partial charge in [-0.1, -0.05) is 127 Å². The van der Waals surface area contributed by atoms with Gasteiger partial charge in [0.15, 0.2) is 0 Å². The van der Waals surface area contributed by atoms with E-state index in [-0.39, 0.29) is 56.3 Å². The first-order chi connectivity index (χ1) is 25.8. The van der Waals surface area contributed by atoms with Crippen LogP contribution in [0.15, 0.2) is 157 Å². The van der Waals surface area contributed by atoms with Crippen molar-refractivity contribution in [1.29, 1.82) is 0 Å². The number of nitrogens with zero attached hydrogens (tertiary/aromatic N) is 2. The van der Waals surface area contributed by atoms with Gasteiger partial charge in [-0.2, -0.15) is 0 Å². The molecular formula is C39H26N2. The minimum Gasteiger partial charge on any atom is -0.292 e. The molecule has 1 aromatic heterocycles. The highest BCUT2D eigenvalue weighted by molar-refractivity contribution is 6.21. The number of aromatic nitrogens is 2. The molecule has 0 saturated heterocycles. The Kier molecular flexibility index (Phi) is 3.22. The predicted octanol–water partition coefficient (Wildman–Crippen LogP) is 10.3. The van der Waals surface area contributed by atoms with Crippen LogP contribution in [0.4, 0.5) is 0 Å². The minimum absolute atomic E-state index is 0.0497. The van der Waals surface area contributed by atoms with E-state index in [9.17, 15) is 2.74 Å². The molecule has 0 radical (unpaired) electrons. The first-order valence-corrected chi connectivity index (χ1v) is 12.9. The summed E-state index contributed by atoms with van der Waals surface area (Å²) in [5.41, 5.74) is 2.41. The summed E-state index contributed by atoms with van der Waals surface area (Å²) in [7, 11) is 0. The molecule has 0 fully saturated rings. The summed E-state index contributed by atoms with van der Waals surface area (Å²) in [6.45, 7) is 0. The predicted molar refractivity (Wildman–Crippen MR) is 172 cm³/mol. The third-order valence-corrected chi connectivity index (χ3v) is 7.12. The molecule has 0 N–H and O–H groups in total. The van der Waals surface area contributed by atoms with Crippen molar-refractivity contribution in [2.75, 3.05) is 0 Å². The molecule has 0 unspecified atom stereocenters. The highest BCUT2D eigenvalue weighted by Gasteiger charge is 2.18. The summed E-state index contributed by atoms with van der Waals surface area (Å²) in [5, 5.41) is 0.260. The Balaban J connectivity index is 1.56. The fourth-order valence-electron chi connectivity index (χ4n) is 5.42. The van der Waals surface area contributed by atoms with Crippen molar-refractivity contribution >= 4 is 32.6 Å². The summed E-state index contributed by atoms with van der Waals surface area (Å²) in [5.74, 6) is 0.204. The summed E-state index contributed by atoms with van der Waals surface area (Å²) in [6.07, 6.45) is 0. The third-order valence-electron chi connectivity index (χ3n) is 7.12. The van der Waals surface area contributed by atoms with Crippen LogP contribution in [0.1, 0.15) is 17.8 Å². The second-order valence-electron chi connectivity index (χ2n) is 9.43. The molecule has 0 aliphatic carbocycles. The lowest BCUT2D eigenvalue weighted by Crippen LogP contribution is -1.97. The van der Waals surface area contributed by atoms with Crippen LogP contribution < -0.4 is 0 Å². The number of imidazole rings is 1. The van der Waals surface area contributed by atoms with Crippen LogP contribution >= 0.6 is 0 Å². The molecule has 0 amide bonds. The summed E-state index contributed by atoms with van der Waals surface area (Å²) in [4.78, 5) is 4.83. The van der Waals surface area contributed by atoms with Gasteiger partial charge in [0.25, 0.3) is 0 Å². The zero-order valence-corrected chi connectivity index (χ0v) is 21.4. The molecule has 0 aliphatic rings. The first-order valence-electron chi connectivity index (χ1n) is 19.4. The van der Waals surface area contributed by atoms with E-state index in [1.807, 2.05) is 0 Å². The van der Waals surface area contributed by atoms with Crippen molar-refractivity contribution in [3.05, 3.63) is 157 Å². The molecule has 0 atom stereocenters. The van der Waals surface area contributed by atoms with Gasteiger partial charge in [0.1, 0.15) is 5.82 Å². The summed E-state index contributed by atoms with van der Waals surface area (Å²) in [6, 6.07) is 16.2. The van der Waals surface area contributed by atoms with Crippen LogP contribution in [-0.2, 0) is 0 Å². The molecule has 41 heavy (non-hydrogen) atoms. The Hall–Kier alpha value is -5.47. The number of rotatable bonds is 4. The Morgan fingerprint density at radius 1 is 0.488 bits per heavy atom. The van der Waals surface area contributed by atoms with E-state index in [4.69, 9.17) is 20.1 Å². The van der Waals surface area contributed by atoms with E-state index in [0.717, 1.165) is 0 Å². The second-order valence-corrected chi connectivity index (χ2v) is 9.43. The Bertz CT molecular complexity index is 2810. The van der Waals surface area contributed by atoms with Gasteiger partial charge < -0.3 is 0 Å². The largest absolute Gasteiger partial charge is 0.292 e. The standard InChI is InChI=1S/C39H26N2/c1-3-14-27(15-4-1)37-31-20-7-9-22-33(31)38(34-23-10-8-21-32(34)37)28-16-13-17-29(26-28)39-40-35-24-11-12-25-36(35)41(39)30-18-5-2-6-19-30/h1-26H/i2D,5D,6D,7D,8D,9D,10D,18D,19D,20D,21D,22D,23D. The summed E-state index contributed by atoms with van der Waals surface area (Å²) < 4.78 is 115. The number of hydrogen-bond acceptors (Lipinski definition) is 1. The molecule has 7 aromatic carbocycles. The second kappa shape index (κ2) is 9.62. The number of para-hydroxylation sites is 3.